The summed E-state index contributed by atoms with van der Waals surface area (Å²) in [7, 11) is 0. The molecule has 1 spiro atoms. The molecule has 1 N–H and O–H groups in total. The number of likely N-dealkylation sites (tertiary alicyclic amines) is 1. The van der Waals surface area contributed by atoms with E-state index >= 15 is 0 Å². The zero-order valence-corrected chi connectivity index (χ0v) is 13.5. The highest BCUT2D eigenvalue weighted by Crippen LogP contribution is 2.36. The molecular formula is C17H25ClN2O. The topological polar surface area (TPSA) is 32.3 Å². The number of aryl methyl sites for hydroxylation is 1. The Morgan fingerprint density at radius 3 is 2.71 bits per heavy atom. The standard InChI is InChI=1S/C17H24N2O.ClH/c1-14-6-2-3-7-15(14)16(20)19-11-5-9-17(13-19)8-4-10-18-12-17;/h2-3,6-7,18H,4-5,8-13H2,1H3;1H. The van der Waals surface area contributed by atoms with Crippen LogP contribution in [0.1, 0.15) is 41.6 Å². The molecule has 1 atom stereocenters. The lowest BCUT2D eigenvalue weighted by Crippen LogP contribution is -2.52. The van der Waals surface area contributed by atoms with Gasteiger partial charge in [0.2, 0.25) is 0 Å². The van der Waals surface area contributed by atoms with Crippen LogP contribution in [0.2, 0.25) is 0 Å². The summed E-state index contributed by atoms with van der Waals surface area (Å²) in [5, 5.41) is 3.52. The Balaban J connectivity index is 0.00000161. The van der Waals surface area contributed by atoms with Crippen molar-refractivity contribution in [2.75, 3.05) is 26.2 Å². The number of carbonyl (C=O) groups excluding carboxylic acids is 1. The normalized spacial score (nSPS) is 25.5. The van der Waals surface area contributed by atoms with E-state index in [1.807, 2.05) is 31.2 Å². The lowest BCUT2D eigenvalue weighted by molar-refractivity contribution is 0.0433. The molecule has 4 heteroatoms. The number of amides is 1. The minimum absolute atomic E-state index is 0. The predicted molar refractivity (Wildman–Crippen MR) is 88.1 cm³/mol. The third-order valence-electron chi connectivity index (χ3n) is 4.88. The molecule has 0 aliphatic carbocycles. The lowest BCUT2D eigenvalue weighted by atomic mass is 9.74. The van der Waals surface area contributed by atoms with Crippen LogP contribution in [0.3, 0.4) is 0 Å². The summed E-state index contributed by atoms with van der Waals surface area (Å²) in [5.74, 6) is 0.216. The number of hydrogen-bond acceptors (Lipinski definition) is 2. The Hall–Kier alpha value is -1.06. The van der Waals surface area contributed by atoms with Crippen LogP contribution in [0.15, 0.2) is 24.3 Å². The molecule has 0 bridgehead atoms. The molecule has 116 valence electrons. The van der Waals surface area contributed by atoms with Gasteiger partial charge in [0.15, 0.2) is 0 Å². The maximum atomic E-state index is 12.8. The fourth-order valence-corrected chi connectivity index (χ4v) is 3.74. The first kappa shape index (κ1) is 16.3. The average molecular weight is 309 g/mol. The van der Waals surface area contributed by atoms with Crippen molar-refractivity contribution in [3.8, 4) is 0 Å². The second-order valence-corrected chi connectivity index (χ2v) is 6.43. The van der Waals surface area contributed by atoms with Gasteiger partial charge in [0.05, 0.1) is 0 Å². The Morgan fingerprint density at radius 2 is 2.00 bits per heavy atom. The average Bonchev–Trinajstić information content (AvgIpc) is 2.48. The zero-order chi connectivity index (χ0) is 14.0. The van der Waals surface area contributed by atoms with Crippen molar-refractivity contribution in [3.05, 3.63) is 35.4 Å². The minimum atomic E-state index is 0. The second kappa shape index (κ2) is 6.80. The molecule has 2 fully saturated rings. The molecule has 1 amide bonds. The first-order valence-electron chi connectivity index (χ1n) is 7.76. The monoisotopic (exact) mass is 308 g/mol. The quantitative estimate of drug-likeness (QED) is 0.865. The molecule has 0 saturated carbocycles. The predicted octanol–water partition coefficient (Wildman–Crippen LogP) is 3.02. The summed E-state index contributed by atoms with van der Waals surface area (Å²) >= 11 is 0. The molecule has 3 rings (SSSR count). The van der Waals surface area contributed by atoms with E-state index in [2.05, 4.69) is 10.2 Å². The van der Waals surface area contributed by atoms with Crippen molar-refractivity contribution < 1.29 is 4.79 Å². The SMILES string of the molecule is Cc1ccccc1C(=O)N1CCCC2(CCCNC2)C1.Cl. The van der Waals surface area contributed by atoms with Crippen LogP contribution in [0.5, 0.6) is 0 Å². The number of carbonyl (C=O) groups is 1. The van der Waals surface area contributed by atoms with Crippen LogP contribution in [0, 0.1) is 12.3 Å². The number of nitrogens with zero attached hydrogens (tertiary/aromatic N) is 1. The molecule has 2 heterocycles. The number of rotatable bonds is 1. The van der Waals surface area contributed by atoms with Crippen LogP contribution in [0.25, 0.3) is 0 Å². The van der Waals surface area contributed by atoms with Gasteiger partial charge in [0.1, 0.15) is 0 Å². The number of benzene rings is 1. The number of nitrogens with one attached hydrogen (secondary N) is 1. The highest BCUT2D eigenvalue weighted by molar-refractivity contribution is 5.95. The van der Waals surface area contributed by atoms with Gasteiger partial charge in [-0.25, -0.2) is 0 Å². The van der Waals surface area contributed by atoms with Crippen LogP contribution in [0.4, 0.5) is 0 Å². The molecule has 1 aromatic carbocycles. The van der Waals surface area contributed by atoms with Crippen LogP contribution >= 0.6 is 12.4 Å². The maximum absolute atomic E-state index is 12.8. The van der Waals surface area contributed by atoms with Crippen molar-refractivity contribution in [3.63, 3.8) is 0 Å². The largest absolute Gasteiger partial charge is 0.338 e. The molecule has 1 unspecified atom stereocenters. The molecule has 0 aromatic heterocycles. The highest BCUT2D eigenvalue weighted by atomic mass is 35.5. The molecule has 2 aliphatic heterocycles. The van der Waals surface area contributed by atoms with Gasteiger partial charge in [0, 0.05) is 30.6 Å². The summed E-state index contributed by atoms with van der Waals surface area (Å²) in [5.41, 5.74) is 2.28. The van der Waals surface area contributed by atoms with Crippen molar-refractivity contribution >= 4 is 18.3 Å². The van der Waals surface area contributed by atoms with Gasteiger partial charge in [0.25, 0.3) is 5.91 Å². The summed E-state index contributed by atoms with van der Waals surface area (Å²) in [6.07, 6.45) is 4.90. The molecule has 1 aromatic rings. The Bertz CT molecular complexity index is 492. The lowest BCUT2D eigenvalue weighted by Gasteiger charge is -2.45. The summed E-state index contributed by atoms with van der Waals surface area (Å²) in [4.78, 5) is 14.8. The van der Waals surface area contributed by atoms with Crippen LogP contribution in [-0.4, -0.2) is 37.0 Å². The molecule has 2 saturated heterocycles. The molecular weight excluding hydrogens is 284 g/mol. The Morgan fingerprint density at radius 1 is 1.24 bits per heavy atom. The number of halogens is 1. The summed E-state index contributed by atoms with van der Waals surface area (Å²) in [6, 6.07) is 7.93. The van der Waals surface area contributed by atoms with E-state index in [0.29, 0.717) is 5.41 Å². The Kier molecular flexibility index (Phi) is 5.28. The Labute approximate surface area is 133 Å². The van der Waals surface area contributed by atoms with E-state index in [-0.39, 0.29) is 18.3 Å². The number of piperidine rings is 2. The van der Waals surface area contributed by atoms with E-state index < -0.39 is 0 Å². The second-order valence-electron chi connectivity index (χ2n) is 6.43. The fraction of sp³-hybridized carbons (Fsp3) is 0.588. The van der Waals surface area contributed by atoms with Gasteiger partial charge in [-0.2, -0.15) is 0 Å². The first-order valence-corrected chi connectivity index (χ1v) is 7.76. The zero-order valence-electron chi connectivity index (χ0n) is 12.7. The van der Waals surface area contributed by atoms with Crippen molar-refractivity contribution in [1.29, 1.82) is 0 Å². The van der Waals surface area contributed by atoms with Gasteiger partial charge in [-0.05, 0) is 50.8 Å². The van der Waals surface area contributed by atoms with Gasteiger partial charge < -0.3 is 10.2 Å². The molecule has 21 heavy (non-hydrogen) atoms. The maximum Gasteiger partial charge on any atom is 0.254 e. The third kappa shape index (κ3) is 3.41. The third-order valence-corrected chi connectivity index (χ3v) is 4.88. The van der Waals surface area contributed by atoms with Crippen molar-refractivity contribution in [2.24, 2.45) is 5.41 Å². The van der Waals surface area contributed by atoms with E-state index in [1.165, 1.54) is 19.3 Å². The van der Waals surface area contributed by atoms with E-state index in [0.717, 1.165) is 43.7 Å². The smallest absolute Gasteiger partial charge is 0.254 e. The minimum Gasteiger partial charge on any atom is -0.338 e. The number of hydrogen-bond donors (Lipinski definition) is 1. The van der Waals surface area contributed by atoms with Crippen molar-refractivity contribution in [2.45, 2.75) is 32.6 Å². The van der Waals surface area contributed by atoms with Crippen LogP contribution in [-0.2, 0) is 0 Å². The van der Waals surface area contributed by atoms with Crippen LogP contribution < -0.4 is 5.32 Å². The van der Waals surface area contributed by atoms with E-state index in [1.54, 1.807) is 0 Å². The van der Waals surface area contributed by atoms with Gasteiger partial charge in [-0.15, -0.1) is 12.4 Å². The van der Waals surface area contributed by atoms with Gasteiger partial charge in [-0.3, -0.25) is 4.79 Å². The molecule has 2 aliphatic rings. The molecule has 0 radical (unpaired) electrons. The van der Waals surface area contributed by atoms with E-state index in [4.69, 9.17) is 0 Å². The van der Waals surface area contributed by atoms with Gasteiger partial charge in [-0.1, -0.05) is 18.2 Å². The van der Waals surface area contributed by atoms with Gasteiger partial charge >= 0.3 is 0 Å². The summed E-state index contributed by atoms with van der Waals surface area (Å²) in [6.45, 7) is 6.06. The van der Waals surface area contributed by atoms with Crippen molar-refractivity contribution in [1.82, 2.24) is 10.2 Å². The fourth-order valence-electron chi connectivity index (χ4n) is 3.74. The summed E-state index contributed by atoms with van der Waals surface area (Å²) < 4.78 is 0. The van der Waals surface area contributed by atoms with E-state index in [9.17, 15) is 4.79 Å². The molecule has 3 nitrogen and oxygen atoms in total. The first-order chi connectivity index (χ1) is 9.70. The highest BCUT2D eigenvalue weighted by Gasteiger charge is 2.38.